The van der Waals surface area contributed by atoms with Crippen molar-refractivity contribution in [2.75, 3.05) is 13.1 Å². The van der Waals surface area contributed by atoms with E-state index >= 15 is 0 Å². The Morgan fingerprint density at radius 1 is 1.67 bits per heavy atom. The highest BCUT2D eigenvalue weighted by molar-refractivity contribution is 5.77. The van der Waals surface area contributed by atoms with Crippen molar-refractivity contribution in [2.45, 2.75) is 13.8 Å². The third-order valence-corrected chi connectivity index (χ3v) is 1.40. The molecule has 9 heavy (non-hydrogen) atoms. The van der Waals surface area contributed by atoms with Gasteiger partial charge in [-0.2, -0.15) is 0 Å². The van der Waals surface area contributed by atoms with Crippen molar-refractivity contribution in [3.8, 4) is 0 Å². The van der Waals surface area contributed by atoms with Crippen LogP contribution in [0.4, 0.5) is 0 Å². The first kappa shape index (κ1) is 6.39. The number of nitrogens with one attached hydrogen (secondary N) is 2. The number of hydrogen-bond acceptors (Lipinski definition) is 2. The average Bonchev–Trinajstić information content (AvgIpc) is 1.78. The van der Waals surface area contributed by atoms with E-state index in [1.54, 1.807) is 0 Å². The maximum atomic E-state index is 7.09. The minimum atomic E-state index is 0.241. The lowest BCUT2D eigenvalue weighted by Gasteiger charge is -2.26. The van der Waals surface area contributed by atoms with Gasteiger partial charge in [-0.3, -0.25) is 10.7 Å². The van der Waals surface area contributed by atoms with Gasteiger partial charge in [-0.25, -0.2) is 0 Å². The predicted octanol–water partition coefficient (Wildman–Crippen LogP) is 0.255. The molecule has 0 aromatic carbocycles. The van der Waals surface area contributed by atoms with E-state index in [1.807, 2.05) is 0 Å². The third-order valence-electron chi connectivity index (χ3n) is 1.40. The zero-order valence-electron chi connectivity index (χ0n) is 5.86. The smallest absolute Gasteiger partial charge is 0.210 e. The summed E-state index contributed by atoms with van der Waals surface area (Å²) in [6.07, 6.45) is 0. The fourth-order valence-electron chi connectivity index (χ4n) is 0.728. The van der Waals surface area contributed by atoms with Crippen LogP contribution in [0.25, 0.3) is 0 Å². The quantitative estimate of drug-likeness (QED) is 0.497. The van der Waals surface area contributed by atoms with Crippen molar-refractivity contribution < 1.29 is 0 Å². The lowest BCUT2D eigenvalue weighted by Crippen LogP contribution is -2.41. The minimum absolute atomic E-state index is 0.241. The van der Waals surface area contributed by atoms with Crippen molar-refractivity contribution >= 4 is 5.96 Å². The minimum Gasteiger partial charge on any atom is -0.354 e. The molecular formula is C6H12N3. The number of hydrogen-bond donors (Lipinski definition) is 1. The SMILES string of the molecule is CC1(C)CN=C([NH])NC1. The normalized spacial score (nSPS) is 24.4. The zero-order valence-corrected chi connectivity index (χ0v) is 5.86. The molecule has 0 bridgehead atoms. The number of guanidine groups is 1. The molecule has 0 fully saturated rings. The van der Waals surface area contributed by atoms with Crippen molar-refractivity contribution in [3.05, 3.63) is 0 Å². The van der Waals surface area contributed by atoms with Crippen molar-refractivity contribution in [3.63, 3.8) is 0 Å². The lowest BCUT2D eigenvalue weighted by atomic mass is 9.93. The van der Waals surface area contributed by atoms with Crippen LogP contribution in [-0.4, -0.2) is 19.0 Å². The molecule has 51 valence electrons. The molecule has 0 aromatic rings. The summed E-state index contributed by atoms with van der Waals surface area (Å²) in [5.41, 5.74) is 7.33. The van der Waals surface area contributed by atoms with Gasteiger partial charge in [-0.1, -0.05) is 13.8 Å². The summed E-state index contributed by atoms with van der Waals surface area (Å²) in [6, 6.07) is 0. The summed E-state index contributed by atoms with van der Waals surface area (Å²) in [6.45, 7) is 5.92. The fraction of sp³-hybridized carbons (Fsp3) is 0.833. The van der Waals surface area contributed by atoms with Crippen LogP contribution in [0, 0.1) is 5.41 Å². The van der Waals surface area contributed by atoms with Crippen LogP contribution < -0.4 is 11.1 Å². The molecule has 0 unspecified atom stereocenters. The summed E-state index contributed by atoms with van der Waals surface area (Å²) in [4.78, 5) is 3.95. The topological polar surface area (TPSA) is 48.2 Å². The van der Waals surface area contributed by atoms with Crippen molar-refractivity contribution in [1.82, 2.24) is 11.1 Å². The molecular weight excluding hydrogens is 114 g/mol. The van der Waals surface area contributed by atoms with Gasteiger partial charge in [-0.15, -0.1) is 0 Å². The largest absolute Gasteiger partial charge is 0.354 e. The standard InChI is InChI=1S/C6H12N3/c1-6(2)3-8-5(7)9-4-6/h7H,3-4H2,1-2H3,(H,8,9). The molecule has 3 heteroatoms. The predicted molar refractivity (Wildman–Crippen MR) is 37.2 cm³/mol. The molecule has 0 atom stereocenters. The Bertz CT molecular complexity index is 137. The third kappa shape index (κ3) is 1.59. The summed E-state index contributed by atoms with van der Waals surface area (Å²) in [7, 11) is 0. The second-order valence-corrected chi connectivity index (χ2v) is 3.18. The van der Waals surface area contributed by atoms with Crippen molar-refractivity contribution in [1.29, 1.82) is 0 Å². The first-order chi connectivity index (χ1) is 4.10. The van der Waals surface area contributed by atoms with E-state index in [9.17, 15) is 0 Å². The van der Waals surface area contributed by atoms with E-state index < -0.39 is 0 Å². The first-order valence-electron chi connectivity index (χ1n) is 3.10. The molecule has 0 aromatic heterocycles. The highest BCUT2D eigenvalue weighted by atomic mass is 15.1. The Labute approximate surface area is 55.3 Å². The van der Waals surface area contributed by atoms with Crippen LogP contribution in [0.3, 0.4) is 0 Å². The highest BCUT2D eigenvalue weighted by Crippen LogP contribution is 2.15. The van der Waals surface area contributed by atoms with Gasteiger partial charge >= 0.3 is 0 Å². The summed E-state index contributed by atoms with van der Waals surface area (Å²) >= 11 is 0. The molecule has 1 aliphatic heterocycles. The van der Waals surface area contributed by atoms with Gasteiger partial charge in [0.05, 0.1) is 0 Å². The van der Waals surface area contributed by atoms with Gasteiger partial charge in [0.1, 0.15) is 0 Å². The Kier molecular flexibility index (Phi) is 1.35. The fourth-order valence-corrected chi connectivity index (χ4v) is 0.728. The average molecular weight is 126 g/mol. The molecule has 0 aliphatic carbocycles. The van der Waals surface area contributed by atoms with E-state index in [-0.39, 0.29) is 5.41 Å². The summed E-state index contributed by atoms with van der Waals surface area (Å²) in [5, 5.41) is 2.89. The van der Waals surface area contributed by atoms with Crippen LogP contribution >= 0.6 is 0 Å². The van der Waals surface area contributed by atoms with E-state index in [0.717, 1.165) is 13.1 Å². The summed E-state index contributed by atoms with van der Waals surface area (Å²) in [5.74, 6) is 0.328. The summed E-state index contributed by atoms with van der Waals surface area (Å²) < 4.78 is 0. The van der Waals surface area contributed by atoms with Crippen LogP contribution in [0.1, 0.15) is 13.8 Å². The second-order valence-electron chi connectivity index (χ2n) is 3.18. The van der Waals surface area contributed by atoms with E-state index in [2.05, 4.69) is 24.2 Å². The van der Waals surface area contributed by atoms with E-state index in [1.165, 1.54) is 0 Å². The monoisotopic (exact) mass is 126 g/mol. The van der Waals surface area contributed by atoms with Gasteiger partial charge in [0.2, 0.25) is 5.96 Å². The molecule has 2 N–H and O–H groups in total. The van der Waals surface area contributed by atoms with Gasteiger partial charge in [0.15, 0.2) is 0 Å². The lowest BCUT2D eigenvalue weighted by molar-refractivity contribution is 0.361. The number of rotatable bonds is 0. The molecule has 1 heterocycles. The van der Waals surface area contributed by atoms with E-state index in [4.69, 9.17) is 5.73 Å². The van der Waals surface area contributed by atoms with Gasteiger partial charge < -0.3 is 5.32 Å². The van der Waals surface area contributed by atoms with Crippen molar-refractivity contribution in [2.24, 2.45) is 10.4 Å². The van der Waals surface area contributed by atoms with Gasteiger partial charge in [-0.05, 0) is 0 Å². The molecule has 0 saturated heterocycles. The Morgan fingerprint density at radius 3 is 2.67 bits per heavy atom. The van der Waals surface area contributed by atoms with Gasteiger partial charge in [0.25, 0.3) is 0 Å². The van der Waals surface area contributed by atoms with E-state index in [0.29, 0.717) is 5.96 Å². The number of aliphatic imine (C=N–C) groups is 1. The molecule has 1 rings (SSSR count). The Hall–Kier alpha value is -0.730. The molecule has 1 radical (unpaired) electrons. The Morgan fingerprint density at radius 2 is 2.33 bits per heavy atom. The van der Waals surface area contributed by atoms with Crippen LogP contribution in [-0.2, 0) is 0 Å². The Balaban J connectivity index is 2.56. The second kappa shape index (κ2) is 1.90. The zero-order chi connectivity index (χ0) is 6.91. The maximum Gasteiger partial charge on any atom is 0.210 e. The first-order valence-corrected chi connectivity index (χ1v) is 3.10. The van der Waals surface area contributed by atoms with Crippen LogP contribution in [0.2, 0.25) is 0 Å². The molecule has 3 nitrogen and oxygen atoms in total. The van der Waals surface area contributed by atoms with Gasteiger partial charge in [0, 0.05) is 18.5 Å². The molecule has 0 saturated carbocycles. The molecule has 0 amide bonds. The number of nitrogens with zero attached hydrogens (tertiary/aromatic N) is 1. The van der Waals surface area contributed by atoms with Crippen LogP contribution in [0.5, 0.6) is 0 Å². The highest BCUT2D eigenvalue weighted by Gasteiger charge is 2.20. The molecule has 1 aliphatic rings. The molecule has 0 spiro atoms. The van der Waals surface area contributed by atoms with Crippen LogP contribution in [0.15, 0.2) is 4.99 Å². The maximum absolute atomic E-state index is 7.09.